The fourth-order valence-electron chi connectivity index (χ4n) is 2.75. The normalized spacial score (nSPS) is 15.3. The van der Waals surface area contributed by atoms with Crippen LogP contribution in [0.1, 0.15) is 0 Å². The SMILES string of the molecule is O=[N+]([O-])c1cnc2ccc(N3CCN(c4cccs4)CC3)nn12. The van der Waals surface area contributed by atoms with E-state index < -0.39 is 4.92 Å². The van der Waals surface area contributed by atoms with Crippen LogP contribution < -0.4 is 9.80 Å². The minimum Gasteiger partial charge on any atom is -0.360 e. The van der Waals surface area contributed by atoms with Crippen molar-refractivity contribution in [2.24, 2.45) is 0 Å². The summed E-state index contributed by atoms with van der Waals surface area (Å²) < 4.78 is 1.29. The molecule has 0 atom stereocenters. The van der Waals surface area contributed by atoms with E-state index in [1.54, 1.807) is 17.4 Å². The lowest BCUT2D eigenvalue weighted by molar-refractivity contribution is -0.391. The molecule has 0 unspecified atom stereocenters. The number of nitrogens with zero attached hydrogens (tertiary/aromatic N) is 6. The van der Waals surface area contributed by atoms with Gasteiger partial charge in [0.25, 0.3) is 0 Å². The van der Waals surface area contributed by atoms with E-state index in [0.717, 1.165) is 32.0 Å². The molecule has 9 heteroatoms. The van der Waals surface area contributed by atoms with E-state index >= 15 is 0 Å². The molecule has 1 aliphatic heterocycles. The predicted octanol–water partition coefficient (Wildman–Crippen LogP) is 2.03. The molecule has 3 aromatic rings. The van der Waals surface area contributed by atoms with Crippen molar-refractivity contribution in [2.75, 3.05) is 36.0 Å². The molecule has 118 valence electrons. The minimum atomic E-state index is -0.467. The van der Waals surface area contributed by atoms with Gasteiger partial charge in [0.2, 0.25) is 5.65 Å². The average molecular weight is 330 g/mol. The van der Waals surface area contributed by atoms with E-state index in [-0.39, 0.29) is 5.82 Å². The van der Waals surface area contributed by atoms with Crippen molar-refractivity contribution in [3.05, 3.63) is 46.0 Å². The van der Waals surface area contributed by atoms with Crippen LogP contribution in [0.25, 0.3) is 5.65 Å². The van der Waals surface area contributed by atoms with Crippen molar-refractivity contribution in [3.63, 3.8) is 0 Å². The first-order valence-corrected chi connectivity index (χ1v) is 8.13. The Kier molecular flexibility index (Phi) is 3.34. The number of fused-ring (bicyclic) bond motifs is 1. The molecular weight excluding hydrogens is 316 g/mol. The average Bonchev–Trinajstić information content (AvgIpc) is 3.24. The van der Waals surface area contributed by atoms with E-state index in [1.165, 1.54) is 15.7 Å². The molecule has 0 aliphatic carbocycles. The van der Waals surface area contributed by atoms with Gasteiger partial charge in [-0.05, 0) is 28.5 Å². The van der Waals surface area contributed by atoms with Crippen molar-refractivity contribution in [2.45, 2.75) is 0 Å². The lowest BCUT2D eigenvalue weighted by Crippen LogP contribution is -2.46. The summed E-state index contributed by atoms with van der Waals surface area (Å²) in [5.41, 5.74) is 0.484. The Balaban J connectivity index is 1.56. The second kappa shape index (κ2) is 5.51. The molecular formula is C14H14N6O2S. The third kappa shape index (κ3) is 2.48. The predicted molar refractivity (Wildman–Crippen MR) is 88.4 cm³/mol. The number of rotatable bonds is 3. The van der Waals surface area contributed by atoms with Crippen LogP contribution in [0.2, 0.25) is 0 Å². The molecule has 0 N–H and O–H groups in total. The summed E-state index contributed by atoms with van der Waals surface area (Å²) in [6.07, 6.45) is 1.24. The summed E-state index contributed by atoms with van der Waals surface area (Å²) in [6.45, 7) is 3.48. The van der Waals surface area contributed by atoms with Crippen LogP contribution in [0.3, 0.4) is 0 Å². The molecule has 4 rings (SSSR count). The Labute approximate surface area is 135 Å². The van der Waals surface area contributed by atoms with Gasteiger partial charge in [-0.15, -0.1) is 11.3 Å². The van der Waals surface area contributed by atoms with Gasteiger partial charge < -0.3 is 19.9 Å². The second-order valence-corrected chi connectivity index (χ2v) is 6.19. The highest BCUT2D eigenvalue weighted by molar-refractivity contribution is 7.14. The van der Waals surface area contributed by atoms with Gasteiger partial charge in [-0.2, -0.15) is 0 Å². The zero-order valence-electron chi connectivity index (χ0n) is 12.2. The summed E-state index contributed by atoms with van der Waals surface area (Å²) >= 11 is 1.74. The standard InChI is InChI=1S/C14H14N6O2S/c21-20(22)13-10-15-11-3-4-12(16-19(11)13)17-5-7-18(8-6-17)14-2-1-9-23-14/h1-4,9-10H,5-8H2. The largest absolute Gasteiger partial charge is 0.368 e. The highest BCUT2D eigenvalue weighted by Crippen LogP contribution is 2.24. The summed E-state index contributed by atoms with van der Waals surface area (Å²) in [5.74, 6) is 0.628. The van der Waals surface area contributed by atoms with Crippen LogP contribution in [0.15, 0.2) is 35.8 Å². The summed E-state index contributed by atoms with van der Waals surface area (Å²) in [7, 11) is 0. The van der Waals surface area contributed by atoms with Crippen molar-refractivity contribution >= 4 is 33.6 Å². The molecule has 0 saturated carbocycles. The van der Waals surface area contributed by atoms with Crippen LogP contribution in [0.5, 0.6) is 0 Å². The van der Waals surface area contributed by atoms with Crippen molar-refractivity contribution in [1.29, 1.82) is 0 Å². The molecule has 0 spiro atoms. The summed E-state index contributed by atoms with van der Waals surface area (Å²) in [5, 5.41) is 18.8. The van der Waals surface area contributed by atoms with Gasteiger partial charge in [-0.3, -0.25) is 0 Å². The number of piperazine rings is 1. The maximum Gasteiger partial charge on any atom is 0.368 e. The van der Waals surface area contributed by atoms with Crippen molar-refractivity contribution < 1.29 is 4.92 Å². The van der Waals surface area contributed by atoms with E-state index in [0.29, 0.717) is 5.65 Å². The Morgan fingerprint density at radius 2 is 1.91 bits per heavy atom. The molecule has 0 amide bonds. The molecule has 0 bridgehead atoms. The number of hydrogen-bond donors (Lipinski definition) is 0. The fraction of sp³-hybridized carbons (Fsp3) is 0.286. The monoisotopic (exact) mass is 330 g/mol. The van der Waals surface area contributed by atoms with E-state index in [2.05, 4.69) is 37.4 Å². The van der Waals surface area contributed by atoms with Crippen LogP contribution >= 0.6 is 11.3 Å². The van der Waals surface area contributed by atoms with Gasteiger partial charge in [0.05, 0.1) is 5.00 Å². The molecule has 1 saturated heterocycles. The maximum absolute atomic E-state index is 11.0. The zero-order valence-corrected chi connectivity index (χ0v) is 13.0. The molecule has 1 aliphatic rings. The quantitative estimate of drug-likeness (QED) is 0.540. The third-order valence-electron chi connectivity index (χ3n) is 3.94. The Bertz CT molecular complexity index is 838. The number of hydrogen-bond acceptors (Lipinski definition) is 7. The first-order chi connectivity index (χ1) is 11.2. The smallest absolute Gasteiger partial charge is 0.360 e. The van der Waals surface area contributed by atoms with Crippen LogP contribution in [0.4, 0.5) is 16.6 Å². The van der Waals surface area contributed by atoms with Crippen LogP contribution in [-0.2, 0) is 0 Å². The molecule has 23 heavy (non-hydrogen) atoms. The van der Waals surface area contributed by atoms with Crippen molar-refractivity contribution in [3.8, 4) is 0 Å². The topological polar surface area (TPSA) is 79.8 Å². The van der Waals surface area contributed by atoms with Gasteiger partial charge >= 0.3 is 5.82 Å². The number of nitro groups is 1. The highest BCUT2D eigenvalue weighted by atomic mass is 32.1. The van der Waals surface area contributed by atoms with Gasteiger partial charge in [-0.1, -0.05) is 9.61 Å². The van der Waals surface area contributed by atoms with Crippen molar-refractivity contribution in [1.82, 2.24) is 14.6 Å². The number of thiophene rings is 1. The van der Waals surface area contributed by atoms with Gasteiger partial charge in [0, 0.05) is 32.2 Å². The number of imidazole rings is 1. The highest BCUT2D eigenvalue weighted by Gasteiger charge is 2.22. The zero-order chi connectivity index (χ0) is 15.8. The lowest BCUT2D eigenvalue weighted by Gasteiger charge is -2.35. The summed E-state index contributed by atoms with van der Waals surface area (Å²) in [6, 6.07) is 7.81. The fourth-order valence-corrected chi connectivity index (χ4v) is 3.54. The third-order valence-corrected chi connectivity index (χ3v) is 4.87. The maximum atomic E-state index is 11.0. The Morgan fingerprint density at radius 3 is 2.61 bits per heavy atom. The van der Waals surface area contributed by atoms with E-state index in [1.807, 2.05) is 6.07 Å². The Hall–Kier alpha value is -2.68. The van der Waals surface area contributed by atoms with Gasteiger partial charge in [0.15, 0.2) is 5.82 Å². The first-order valence-electron chi connectivity index (χ1n) is 7.25. The minimum absolute atomic E-state index is 0.112. The second-order valence-electron chi connectivity index (χ2n) is 5.26. The first kappa shape index (κ1) is 13.9. The van der Waals surface area contributed by atoms with E-state index in [9.17, 15) is 10.1 Å². The van der Waals surface area contributed by atoms with Crippen LogP contribution in [-0.4, -0.2) is 45.7 Å². The van der Waals surface area contributed by atoms with E-state index in [4.69, 9.17) is 0 Å². The molecule has 0 radical (unpaired) electrons. The molecule has 3 aromatic heterocycles. The molecule has 0 aromatic carbocycles. The van der Waals surface area contributed by atoms with Crippen LogP contribution in [0, 0.1) is 10.1 Å². The van der Waals surface area contributed by atoms with Gasteiger partial charge in [-0.25, -0.2) is 4.98 Å². The molecule has 8 nitrogen and oxygen atoms in total. The molecule has 1 fully saturated rings. The lowest BCUT2D eigenvalue weighted by atomic mass is 10.3. The van der Waals surface area contributed by atoms with Gasteiger partial charge in [0.1, 0.15) is 6.20 Å². The number of aromatic nitrogens is 3. The number of anilines is 2. The Morgan fingerprint density at radius 1 is 1.13 bits per heavy atom. The molecule has 4 heterocycles. The summed E-state index contributed by atoms with van der Waals surface area (Å²) in [4.78, 5) is 19.1.